The van der Waals surface area contributed by atoms with Crippen molar-refractivity contribution >= 4 is 27.4 Å². The molecule has 2 aromatic rings. The van der Waals surface area contributed by atoms with Crippen LogP contribution in [0.5, 0.6) is 0 Å². The first-order chi connectivity index (χ1) is 10.7. The monoisotopic (exact) mass is 332 g/mol. The number of hydrogen-bond acceptors (Lipinski definition) is 5. The largest absolute Gasteiger partial charge is 0.545 e. The molecular weight excluding hydrogens is 318 g/mol. The van der Waals surface area contributed by atoms with Gasteiger partial charge < -0.3 is 15.2 Å². The summed E-state index contributed by atoms with van der Waals surface area (Å²) in [5, 5.41) is 13.3. The van der Waals surface area contributed by atoms with Crippen molar-refractivity contribution < 1.29 is 23.1 Å². The second-order valence-electron chi connectivity index (χ2n) is 5.09. The van der Waals surface area contributed by atoms with Gasteiger partial charge >= 0.3 is 0 Å². The quantitative estimate of drug-likeness (QED) is 0.874. The maximum Gasteiger partial charge on any atom is 0.255 e. The molecule has 0 saturated carbocycles. The lowest BCUT2D eigenvalue weighted by molar-refractivity contribution is -0.255. The number of hydrogen-bond donors (Lipinski definition) is 1. The fourth-order valence-electron chi connectivity index (χ4n) is 1.95. The van der Waals surface area contributed by atoms with Gasteiger partial charge in [0.1, 0.15) is 0 Å². The smallest absolute Gasteiger partial charge is 0.255 e. The molecule has 1 amide bonds. The predicted octanol–water partition coefficient (Wildman–Crippen LogP) is 0.847. The maximum atomic E-state index is 12.1. The van der Waals surface area contributed by atoms with Crippen molar-refractivity contribution in [3.63, 3.8) is 0 Å². The minimum absolute atomic E-state index is 0.0214. The predicted molar refractivity (Wildman–Crippen MR) is 83.7 cm³/mol. The van der Waals surface area contributed by atoms with Crippen molar-refractivity contribution in [3.8, 4) is 0 Å². The second kappa shape index (κ2) is 6.62. The average molecular weight is 332 g/mol. The fraction of sp³-hybridized carbons (Fsp3) is 0.125. The molecule has 0 aliphatic heterocycles. The van der Waals surface area contributed by atoms with Gasteiger partial charge in [0.2, 0.25) is 0 Å². The van der Waals surface area contributed by atoms with E-state index in [4.69, 9.17) is 0 Å². The average Bonchev–Trinajstić information content (AvgIpc) is 2.46. The highest BCUT2D eigenvalue weighted by Gasteiger charge is 2.08. The number of carbonyl (C=O) groups is 2. The molecule has 0 spiro atoms. The third-order valence-electron chi connectivity index (χ3n) is 3.02. The molecule has 23 heavy (non-hydrogen) atoms. The Morgan fingerprint density at radius 1 is 0.957 bits per heavy atom. The van der Waals surface area contributed by atoms with Gasteiger partial charge in [0.05, 0.1) is 11.7 Å². The molecule has 2 aromatic carbocycles. The SMILES string of the molecule is CS(=O)(=O)Cc1ccc(C(=O)Nc2ccc(C(=O)[O-])cc2)cc1. The van der Waals surface area contributed by atoms with Crippen molar-refractivity contribution in [1.29, 1.82) is 0 Å². The molecule has 1 N–H and O–H groups in total. The minimum atomic E-state index is -3.12. The summed E-state index contributed by atoms with van der Waals surface area (Å²) in [6.45, 7) is 0. The first kappa shape index (κ1) is 16.7. The van der Waals surface area contributed by atoms with Gasteiger partial charge in [-0.05, 0) is 35.4 Å². The molecule has 7 heteroatoms. The van der Waals surface area contributed by atoms with Gasteiger partial charge in [0.25, 0.3) is 5.91 Å². The zero-order chi connectivity index (χ0) is 17.0. The van der Waals surface area contributed by atoms with E-state index in [1.54, 1.807) is 12.1 Å². The van der Waals surface area contributed by atoms with Crippen LogP contribution in [0.1, 0.15) is 26.3 Å². The Morgan fingerprint density at radius 3 is 1.96 bits per heavy atom. The summed E-state index contributed by atoms with van der Waals surface area (Å²) >= 11 is 0. The molecule has 120 valence electrons. The van der Waals surface area contributed by atoms with Crippen LogP contribution >= 0.6 is 0 Å². The Bertz CT molecular complexity index is 824. The number of amides is 1. The Kier molecular flexibility index (Phi) is 4.80. The molecule has 0 heterocycles. The van der Waals surface area contributed by atoms with Gasteiger partial charge in [0, 0.05) is 17.5 Å². The first-order valence-electron chi connectivity index (χ1n) is 6.64. The van der Waals surface area contributed by atoms with E-state index < -0.39 is 15.8 Å². The topological polar surface area (TPSA) is 103 Å². The molecule has 0 unspecified atom stereocenters. The number of carbonyl (C=O) groups excluding carboxylic acids is 2. The zero-order valence-corrected chi connectivity index (χ0v) is 13.1. The molecule has 0 atom stereocenters. The summed E-state index contributed by atoms with van der Waals surface area (Å²) in [4.78, 5) is 22.7. The van der Waals surface area contributed by atoms with Gasteiger partial charge in [0.15, 0.2) is 9.84 Å². The summed E-state index contributed by atoms with van der Waals surface area (Å²) in [6.07, 6.45) is 1.14. The van der Waals surface area contributed by atoms with Gasteiger partial charge in [-0.1, -0.05) is 24.3 Å². The molecule has 0 aliphatic carbocycles. The number of sulfone groups is 1. The number of benzene rings is 2. The molecule has 0 bridgehead atoms. The van der Waals surface area contributed by atoms with Gasteiger partial charge in [-0.25, -0.2) is 8.42 Å². The standard InChI is InChI=1S/C16H15NO5S/c1-23(21,22)10-11-2-4-12(5-3-11)15(18)17-14-8-6-13(7-9-14)16(19)20/h2-9H,10H2,1H3,(H,17,18)(H,19,20)/p-1. The Morgan fingerprint density at radius 2 is 1.48 bits per heavy atom. The third kappa shape index (κ3) is 4.93. The number of nitrogens with one attached hydrogen (secondary N) is 1. The Balaban J connectivity index is 2.07. The van der Waals surface area contributed by atoms with Crippen LogP contribution in [0.25, 0.3) is 0 Å². The summed E-state index contributed by atoms with van der Waals surface area (Å²) in [6, 6.07) is 11.8. The summed E-state index contributed by atoms with van der Waals surface area (Å²) in [7, 11) is -3.12. The van der Waals surface area contributed by atoms with Crippen LogP contribution in [0.3, 0.4) is 0 Å². The van der Waals surface area contributed by atoms with E-state index in [-0.39, 0.29) is 17.2 Å². The van der Waals surface area contributed by atoms with Crippen LogP contribution in [-0.4, -0.2) is 26.6 Å². The van der Waals surface area contributed by atoms with E-state index in [2.05, 4.69) is 5.32 Å². The number of carboxylic acid groups (broad SMARTS) is 1. The van der Waals surface area contributed by atoms with Crippen LogP contribution in [0.4, 0.5) is 5.69 Å². The van der Waals surface area contributed by atoms with Crippen LogP contribution < -0.4 is 10.4 Å². The van der Waals surface area contributed by atoms with Crippen LogP contribution in [-0.2, 0) is 15.6 Å². The lowest BCUT2D eigenvalue weighted by atomic mass is 10.1. The molecule has 0 radical (unpaired) electrons. The minimum Gasteiger partial charge on any atom is -0.545 e. The summed E-state index contributed by atoms with van der Waals surface area (Å²) in [5.41, 5.74) is 1.43. The van der Waals surface area contributed by atoms with E-state index in [9.17, 15) is 23.1 Å². The number of carboxylic acids is 1. The lowest BCUT2D eigenvalue weighted by Gasteiger charge is -2.08. The lowest BCUT2D eigenvalue weighted by Crippen LogP contribution is -2.22. The highest BCUT2D eigenvalue weighted by molar-refractivity contribution is 7.89. The van der Waals surface area contributed by atoms with E-state index in [1.165, 1.54) is 36.4 Å². The van der Waals surface area contributed by atoms with Crippen LogP contribution in [0, 0.1) is 0 Å². The fourth-order valence-corrected chi connectivity index (χ4v) is 2.75. The van der Waals surface area contributed by atoms with E-state index >= 15 is 0 Å². The van der Waals surface area contributed by atoms with Crippen molar-refractivity contribution in [2.24, 2.45) is 0 Å². The molecule has 2 rings (SSSR count). The Labute approximate surface area is 133 Å². The number of aromatic carboxylic acids is 1. The molecule has 0 fully saturated rings. The Hall–Kier alpha value is -2.67. The molecule has 0 aliphatic rings. The molecule has 0 aromatic heterocycles. The van der Waals surface area contributed by atoms with E-state index in [0.717, 1.165) is 6.26 Å². The number of anilines is 1. The summed E-state index contributed by atoms with van der Waals surface area (Å²) in [5.74, 6) is -1.75. The van der Waals surface area contributed by atoms with Gasteiger partial charge in [-0.15, -0.1) is 0 Å². The zero-order valence-electron chi connectivity index (χ0n) is 12.3. The van der Waals surface area contributed by atoms with Crippen molar-refractivity contribution in [3.05, 3.63) is 65.2 Å². The van der Waals surface area contributed by atoms with Gasteiger partial charge in [-0.2, -0.15) is 0 Å². The van der Waals surface area contributed by atoms with Crippen molar-refractivity contribution in [2.45, 2.75) is 5.75 Å². The van der Waals surface area contributed by atoms with Crippen molar-refractivity contribution in [2.75, 3.05) is 11.6 Å². The highest BCUT2D eigenvalue weighted by Crippen LogP contribution is 2.13. The summed E-state index contributed by atoms with van der Waals surface area (Å²) < 4.78 is 22.4. The van der Waals surface area contributed by atoms with Crippen LogP contribution in [0.15, 0.2) is 48.5 Å². The molecular formula is C16H14NO5S-. The van der Waals surface area contributed by atoms with E-state index in [0.29, 0.717) is 16.8 Å². The molecule has 0 saturated heterocycles. The van der Waals surface area contributed by atoms with Crippen molar-refractivity contribution in [1.82, 2.24) is 0 Å². The van der Waals surface area contributed by atoms with Gasteiger partial charge in [-0.3, -0.25) is 4.79 Å². The second-order valence-corrected chi connectivity index (χ2v) is 7.23. The maximum absolute atomic E-state index is 12.1. The molecule has 6 nitrogen and oxygen atoms in total. The van der Waals surface area contributed by atoms with E-state index in [1.807, 2.05) is 0 Å². The first-order valence-corrected chi connectivity index (χ1v) is 8.70. The number of rotatable bonds is 5. The highest BCUT2D eigenvalue weighted by atomic mass is 32.2. The normalized spacial score (nSPS) is 11.0. The van der Waals surface area contributed by atoms with Crippen LogP contribution in [0.2, 0.25) is 0 Å². The third-order valence-corrected chi connectivity index (χ3v) is 3.88.